The fourth-order valence-corrected chi connectivity index (χ4v) is 2.75. The molecule has 0 saturated carbocycles. The maximum atomic E-state index is 6.19. The molecule has 0 aliphatic rings. The number of nitrogens with zero attached hydrogens (tertiary/aromatic N) is 3. The standard InChI is InChI=1S/C17H14Cl2N4OS/c1-2-24-13-7-3-5-11(9-13)16-21-22-17(25)23(16)20-10-12-6-4-8-14(18)15(12)19/h3-10H,2H2,1H3,(H,22,25). The zero-order chi connectivity index (χ0) is 17.8. The minimum absolute atomic E-state index is 0.367. The molecule has 5 nitrogen and oxygen atoms in total. The lowest BCUT2D eigenvalue weighted by atomic mass is 10.2. The molecule has 8 heteroatoms. The lowest BCUT2D eigenvalue weighted by molar-refractivity contribution is 0.340. The average Bonchev–Trinajstić information content (AvgIpc) is 2.98. The second-order valence-corrected chi connectivity index (χ2v) is 6.18. The van der Waals surface area contributed by atoms with Gasteiger partial charge in [-0.15, -0.1) is 0 Å². The highest BCUT2D eigenvalue weighted by Gasteiger charge is 2.09. The molecule has 1 heterocycles. The molecule has 3 rings (SSSR count). The molecular formula is C17H14Cl2N4OS. The van der Waals surface area contributed by atoms with Gasteiger partial charge in [0.25, 0.3) is 0 Å². The van der Waals surface area contributed by atoms with E-state index in [1.165, 1.54) is 4.68 Å². The Labute approximate surface area is 159 Å². The first kappa shape index (κ1) is 17.7. The number of H-pyrrole nitrogens is 1. The molecule has 0 fully saturated rings. The van der Waals surface area contributed by atoms with Crippen LogP contribution in [0.15, 0.2) is 47.6 Å². The van der Waals surface area contributed by atoms with E-state index >= 15 is 0 Å². The summed E-state index contributed by atoms with van der Waals surface area (Å²) in [5, 5.41) is 12.3. The molecule has 25 heavy (non-hydrogen) atoms. The largest absolute Gasteiger partial charge is 0.494 e. The number of aromatic amines is 1. The SMILES string of the molecule is CCOc1cccc(-c2n[nH]c(=S)n2N=Cc2cccc(Cl)c2Cl)c1. The Kier molecular flexibility index (Phi) is 5.53. The summed E-state index contributed by atoms with van der Waals surface area (Å²) in [6.07, 6.45) is 1.59. The summed E-state index contributed by atoms with van der Waals surface area (Å²) in [7, 11) is 0. The molecule has 2 aromatic carbocycles. The molecule has 0 unspecified atom stereocenters. The Morgan fingerprint density at radius 2 is 2.08 bits per heavy atom. The molecule has 1 N–H and O–H groups in total. The van der Waals surface area contributed by atoms with Gasteiger partial charge in [0.1, 0.15) is 5.75 Å². The molecule has 0 atom stereocenters. The summed E-state index contributed by atoms with van der Waals surface area (Å²) in [5.41, 5.74) is 1.51. The maximum Gasteiger partial charge on any atom is 0.216 e. The summed E-state index contributed by atoms with van der Waals surface area (Å²) in [5.74, 6) is 1.32. The number of hydrogen-bond donors (Lipinski definition) is 1. The lowest BCUT2D eigenvalue weighted by Crippen LogP contribution is -1.96. The highest BCUT2D eigenvalue weighted by molar-refractivity contribution is 7.71. The first-order valence-corrected chi connectivity index (χ1v) is 8.65. The van der Waals surface area contributed by atoms with Gasteiger partial charge < -0.3 is 4.74 Å². The summed E-state index contributed by atoms with van der Waals surface area (Å²) >= 11 is 17.5. The minimum Gasteiger partial charge on any atom is -0.494 e. The Bertz CT molecular complexity index is 981. The van der Waals surface area contributed by atoms with Crippen LogP contribution in [0.25, 0.3) is 11.4 Å². The second-order valence-electron chi connectivity index (χ2n) is 5.01. The normalized spacial score (nSPS) is 11.2. The van der Waals surface area contributed by atoms with Crippen molar-refractivity contribution in [1.82, 2.24) is 14.9 Å². The Hall–Kier alpha value is -2.15. The van der Waals surface area contributed by atoms with E-state index in [9.17, 15) is 0 Å². The van der Waals surface area contributed by atoms with Gasteiger partial charge in [-0.1, -0.05) is 47.5 Å². The quantitative estimate of drug-likeness (QED) is 0.479. The molecule has 0 bridgehead atoms. The van der Waals surface area contributed by atoms with Crippen LogP contribution < -0.4 is 4.74 Å². The van der Waals surface area contributed by atoms with Gasteiger partial charge in [0.05, 0.1) is 22.9 Å². The third-order valence-electron chi connectivity index (χ3n) is 3.35. The summed E-state index contributed by atoms with van der Waals surface area (Å²) < 4.78 is 7.42. The van der Waals surface area contributed by atoms with Crippen LogP contribution in [0.5, 0.6) is 5.75 Å². The van der Waals surface area contributed by atoms with Crippen molar-refractivity contribution in [2.75, 3.05) is 6.61 Å². The van der Waals surface area contributed by atoms with Crippen LogP contribution in [-0.4, -0.2) is 27.7 Å². The predicted octanol–water partition coefficient (Wildman–Crippen LogP) is 5.20. The minimum atomic E-state index is 0.367. The summed E-state index contributed by atoms with van der Waals surface area (Å²) in [6, 6.07) is 12.9. The Morgan fingerprint density at radius 3 is 2.88 bits per heavy atom. The highest BCUT2D eigenvalue weighted by Crippen LogP contribution is 2.25. The van der Waals surface area contributed by atoms with Gasteiger partial charge in [-0.25, -0.2) is 5.10 Å². The molecular weight excluding hydrogens is 379 g/mol. The molecule has 0 aliphatic heterocycles. The molecule has 0 spiro atoms. The van der Waals surface area contributed by atoms with Gasteiger partial charge in [0, 0.05) is 11.1 Å². The lowest BCUT2D eigenvalue weighted by Gasteiger charge is -2.05. The summed E-state index contributed by atoms with van der Waals surface area (Å²) in [6.45, 7) is 2.52. The van der Waals surface area contributed by atoms with E-state index in [1.54, 1.807) is 18.3 Å². The van der Waals surface area contributed by atoms with Crippen LogP contribution in [0, 0.1) is 4.77 Å². The van der Waals surface area contributed by atoms with Crippen LogP contribution in [0.4, 0.5) is 0 Å². The van der Waals surface area contributed by atoms with Gasteiger partial charge in [-0.3, -0.25) is 0 Å². The highest BCUT2D eigenvalue weighted by atomic mass is 35.5. The van der Waals surface area contributed by atoms with Crippen LogP contribution in [0.1, 0.15) is 12.5 Å². The van der Waals surface area contributed by atoms with Crippen LogP contribution in [-0.2, 0) is 0 Å². The fraction of sp³-hybridized carbons (Fsp3) is 0.118. The molecule has 0 saturated heterocycles. The van der Waals surface area contributed by atoms with E-state index in [0.29, 0.717) is 32.8 Å². The number of aromatic nitrogens is 3. The second kappa shape index (κ2) is 7.82. The molecule has 3 aromatic rings. The van der Waals surface area contributed by atoms with Gasteiger partial charge in [-0.2, -0.15) is 14.9 Å². The van der Waals surface area contributed by atoms with Gasteiger partial charge in [0.2, 0.25) is 4.77 Å². The van der Waals surface area contributed by atoms with Crippen molar-refractivity contribution in [3.63, 3.8) is 0 Å². The van der Waals surface area contributed by atoms with E-state index in [-0.39, 0.29) is 0 Å². The fourth-order valence-electron chi connectivity index (χ4n) is 2.22. The smallest absolute Gasteiger partial charge is 0.216 e. The van der Waals surface area contributed by atoms with E-state index in [4.69, 9.17) is 40.2 Å². The van der Waals surface area contributed by atoms with Crippen molar-refractivity contribution < 1.29 is 4.74 Å². The number of rotatable bonds is 5. The third kappa shape index (κ3) is 3.92. The molecule has 0 aliphatic carbocycles. The van der Waals surface area contributed by atoms with E-state index in [0.717, 1.165) is 11.3 Å². The average molecular weight is 393 g/mol. The number of nitrogens with one attached hydrogen (secondary N) is 1. The number of halogens is 2. The summed E-state index contributed by atoms with van der Waals surface area (Å²) in [4.78, 5) is 0. The van der Waals surface area contributed by atoms with Gasteiger partial charge in [-0.05, 0) is 37.3 Å². The van der Waals surface area contributed by atoms with Crippen molar-refractivity contribution in [3.05, 3.63) is 62.8 Å². The monoisotopic (exact) mass is 392 g/mol. The molecule has 0 amide bonds. The van der Waals surface area contributed by atoms with E-state index in [1.807, 2.05) is 37.3 Å². The third-order valence-corrected chi connectivity index (χ3v) is 4.45. The number of hydrogen-bond acceptors (Lipinski definition) is 4. The van der Waals surface area contributed by atoms with Crippen LogP contribution in [0.2, 0.25) is 10.0 Å². The molecule has 128 valence electrons. The van der Waals surface area contributed by atoms with Crippen LogP contribution in [0.3, 0.4) is 0 Å². The zero-order valence-electron chi connectivity index (χ0n) is 13.2. The van der Waals surface area contributed by atoms with Crippen molar-refractivity contribution in [2.24, 2.45) is 5.10 Å². The van der Waals surface area contributed by atoms with E-state index < -0.39 is 0 Å². The maximum absolute atomic E-state index is 6.19. The van der Waals surface area contributed by atoms with Crippen molar-refractivity contribution in [3.8, 4) is 17.1 Å². The Morgan fingerprint density at radius 1 is 1.28 bits per heavy atom. The van der Waals surface area contributed by atoms with Gasteiger partial charge >= 0.3 is 0 Å². The first-order chi connectivity index (χ1) is 12.1. The van der Waals surface area contributed by atoms with Gasteiger partial charge in [0.15, 0.2) is 5.82 Å². The van der Waals surface area contributed by atoms with Crippen LogP contribution >= 0.6 is 35.4 Å². The molecule has 0 radical (unpaired) electrons. The predicted molar refractivity (Wildman–Crippen MR) is 103 cm³/mol. The first-order valence-electron chi connectivity index (χ1n) is 7.49. The zero-order valence-corrected chi connectivity index (χ0v) is 15.6. The van der Waals surface area contributed by atoms with Crippen molar-refractivity contribution in [2.45, 2.75) is 6.92 Å². The van der Waals surface area contributed by atoms with Crippen molar-refractivity contribution in [1.29, 1.82) is 0 Å². The topological polar surface area (TPSA) is 55.2 Å². The number of benzene rings is 2. The molecule has 1 aromatic heterocycles. The van der Waals surface area contributed by atoms with E-state index in [2.05, 4.69) is 15.3 Å². The number of ether oxygens (including phenoxy) is 1. The van der Waals surface area contributed by atoms with Crippen molar-refractivity contribution >= 4 is 41.6 Å². The Balaban J connectivity index is 2.00.